The van der Waals surface area contributed by atoms with Crippen molar-refractivity contribution in [2.45, 2.75) is 24.8 Å². The first kappa shape index (κ1) is 14.9. The standard InChI is InChI=1S/C17H18N4O4/c22-17-21(12-8-23-9-12)13-7-11(1-2-14(13)24-17)15-19-16(25-20-15)10-3-5-18-6-4-10/h1-2,7,10,12,18H,3-6,8-9H2. The normalized spacial score (nSPS) is 19.4. The minimum absolute atomic E-state index is 0.0274. The zero-order valence-electron chi connectivity index (χ0n) is 13.6. The largest absolute Gasteiger partial charge is 0.420 e. The van der Waals surface area contributed by atoms with Gasteiger partial charge in [-0.3, -0.25) is 4.57 Å². The van der Waals surface area contributed by atoms with Crippen LogP contribution in [0, 0.1) is 0 Å². The second kappa shape index (κ2) is 5.82. The molecule has 2 aliphatic heterocycles. The smallest absolute Gasteiger partial charge is 0.408 e. The molecule has 0 amide bonds. The highest BCUT2D eigenvalue weighted by molar-refractivity contribution is 5.79. The summed E-state index contributed by atoms with van der Waals surface area (Å²) in [5, 5.41) is 7.47. The number of nitrogens with zero attached hydrogens (tertiary/aromatic N) is 3. The van der Waals surface area contributed by atoms with Crippen molar-refractivity contribution < 1.29 is 13.7 Å². The summed E-state index contributed by atoms with van der Waals surface area (Å²) in [6.07, 6.45) is 2.01. The van der Waals surface area contributed by atoms with Gasteiger partial charge in [0.15, 0.2) is 5.58 Å². The molecule has 0 unspecified atom stereocenters. The lowest BCUT2D eigenvalue weighted by Crippen LogP contribution is -2.35. The number of hydrogen-bond acceptors (Lipinski definition) is 7. The Labute approximate surface area is 142 Å². The Kier molecular flexibility index (Phi) is 3.46. The van der Waals surface area contributed by atoms with Gasteiger partial charge in [-0.1, -0.05) is 5.16 Å². The molecule has 3 aromatic rings. The van der Waals surface area contributed by atoms with Crippen molar-refractivity contribution in [2.24, 2.45) is 0 Å². The molecule has 2 saturated heterocycles. The van der Waals surface area contributed by atoms with E-state index in [9.17, 15) is 4.79 Å². The molecule has 0 bridgehead atoms. The molecule has 8 heteroatoms. The number of ether oxygens (including phenoxy) is 1. The lowest BCUT2D eigenvalue weighted by Gasteiger charge is -2.26. The van der Waals surface area contributed by atoms with Gasteiger partial charge in [0.05, 0.1) is 24.8 Å². The number of aromatic nitrogens is 3. The van der Waals surface area contributed by atoms with Crippen molar-refractivity contribution in [3.63, 3.8) is 0 Å². The van der Waals surface area contributed by atoms with E-state index >= 15 is 0 Å². The SMILES string of the molecule is O=c1oc2ccc(-c3noc(C4CCNCC4)n3)cc2n1C1COC1. The molecule has 0 aliphatic carbocycles. The molecular formula is C17H18N4O4. The van der Waals surface area contributed by atoms with Crippen LogP contribution in [0.5, 0.6) is 0 Å². The van der Waals surface area contributed by atoms with Crippen LogP contribution in [0.2, 0.25) is 0 Å². The second-order valence-electron chi connectivity index (χ2n) is 6.59. The Morgan fingerprint density at radius 3 is 2.80 bits per heavy atom. The van der Waals surface area contributed by atoms with E-state index in [1.54, 1.807) is 10.6 Å². The predicted molar refractivity (Wildman–Crippen MR) is 88.5 cm³/mol. The van der Waals surface area contributed by atoms with E-state index in [1.165, 1.54) is 0 Å². The highest BCUT2D eigenvalue weighted by Crippen LogP contribution is 2.29. The molecule has 0 saturated carbocycles. The maximum absolute atomic E-state index is 12.1. The molecule has 0 spiro atoms. The summed E-state index contributed by atoms with van der Waals surface area (Å²) < 4.78 is 17.7. The zero-order valence-corrected chi connectivity index (χ0v) is 13.6. The highest BCUT2D eigenvalue weighted by Gasteiger charge is 2.26. The minimum Gasteiger partial charge on any atom is -0.408 e. The summed E-state index contributed by atoms with van der Waals surface area (Å²) in [4.78, 5) is 16.7. The van der Waals surface area contributed by atoms with Gasteiger partial charge in [-0.05, 0) is 44.1 Å². The van der Waals surface area contributed by atoms with E-state index < -0.39 is 0 Å². The minimum atomic E-state index is -0.357. The van der Waals surface area contributed by atoms with E-state index in [0.717, 1.165) is 37.0 Å². The number of piperidine rings is 1. The second-order valence-corrected chi connectivity index (χ2v) is 6.59. The Morgan fingerprint density at radius 1 is 1.20 bits per heavy atom. The number of benzene rings is 1. The van der Waals surface area contributed by atoms with Gasteiger partial charge in [0.1, 0.15) is 0 Å². The van der Waals surface area contributed by atoms with E-state index in [4.69, 9.17) is 13.7 Å². The van der Waals surface area contributed by atoms with Crippen molar-refractivity contribution >= 4 is 11.1 Å². The Balaban J connectivity index is 1.52. The van der Waals surface area contributed by atoms with Gasteiger partial charge in [-0.15, -0.1) is 0 Å². The van der Waals surface area contributed by atoms with Crippen LogP contribution in [-0.4, -0.2) is 41.0 Å². The molecule has 2 aromatic heterocycles. The molecule has 0 radical (unpaired) electrons. The van der Waals surface area contributed by atoms with Crippen LogP contribution in [0.4, 0.5) is 0 Å². The summed E-state index contributed by atoms with van der Waals surface area (Å²) in [5.41, 5.74) is 2.11. The number of fused-ring (bicyclic) bond motifs is 1. The van der Waals surface area contributed by atoms with Crippen LogP contribution in [-0.2, 0) is 4.74 Å². The van der Waals surface area contributed by atoms with Crippen LogP contribution in [0.3, 0.4) is 0 Å². The third-order valence-electron chi connectivity index (χ3n) is 4.99. The average molecular weight is 342 g/mol. The molecule has 130 valence electrons. The first-order valence-corrected chi connectivity index (χ1v) is 8.57. The van der Waals surface area contributed by atoms with Crippen LogP contribution in [0.25, 0.3) is 22.5 Å². The Hall–Kier alpha value is -2.45. The van der Waals surface area contributed by atoms with Gasteiger partial charge in [-0.2, -0.15) is 4.98 Å². The lowest BCUT2D eigenvalue weighted by atomic mass is 9.98. The van der Waals surface area contributed by atoms with Gasteiger partial charge in [0, 0.05) is 11.5 Å². The first-order chi connectivity index (χ1) is 12.3. The number of rotatable bonds is 3. The predicted octanol–water partition coefficient (Wildman–Crippen LogP) is 1.68. The van der Waals surface area contributed by atoms with Gasteiger partial charge in [-0.25, -0.2) is 4.79 Å². The lowest BCUT2D eigenvalue weighted by molar-refractivity contribution is -0.0242. The molecule has 2 fully saturated rings. The summed E-state index contributed by atoms with van der Waals surface area (Å²) in [6, 6.07) is 5.54. The van der Waals surface area contributed by atoms with Crippen molar-refractivity contribution in [1.82, 2.24) is 20.0 Å². The fourth-order valence-corrected chi connectivity index (χ4v) is 3.48. The topological polar surface area (TPSA) is 95.3 Å². The third kappa shape index (κ3) is 2.49. The molecule has 0 atom stereocenters. The fourth-order valence-electron chi connectivity index (χ4n) is 3.48. The quantitative estimate of drug-likeness (QED) is 0.773. The molecular weight excluding hydrogens is 324 g/mol. The van der Waals surface area contributed by atoms with E-state index in [1.807, 2.05) is 12.1 Å². The van der Waals surface area contributed by atoms with Gasteiger partial charge in [0.2, 0.25) is 11.7 Å². The molecule has 1 N–H and O–H groups in total. The van der Waals surface area contributed by atoms with Crippen LogP contribution in [0.15, 0.2) is 31.9 Å². The van der Waals surface area contributed by atoms with Gasteiger partial charge < -0.3 is 19.0 Å². The van der Waals surface area contributed by atoms with Crippen molar-refractivity contribution in [1.29, 1.82) is 0 Å². The molecule has 8 nitrogen and oxygen atoms in total. The molecule has 5 rings (SSSR count). The van der Waals surface area contributed by atoms with E-state index in [2.05, 4.69) is 15.5 Å². The molecule has 4 heterocycles. The van der Waals surface area contributed by atoms with E-state index in [-0.39, 0.29) is 11.8 Å². The number of nitrogens with one attached hydrogen (secondary N) is 1. The van der Waals surface area contributed by atoms with Crippen LogP contribution in [0.1, 0.15) is 30.7 Å². The Bertz CT molecular complexity index is 963. The van der Waals surface area contributed by atoms with Crippen LogP contribution < -0.4 is 11.1 Å². The third-order valence-corrected chi connectivity index (χ3v) is 4.99. The van der Waals surface area contributed by atoms with Crippen molar-refractivity contribution in [3.8, 4) is 11.4 Å². The molecule has 1 aromatic carbocycles. The van der Waals surface area contributed by atoms with Gasteiger partial charge in [0.25, 0.3) is 0 Å². The van der Waals surface area contributed by atoms with E-state index in [0.29, 0.717) is 36.4 Å². The zero-order chi connectivity index (χ0) is 16.8. The summed E-state index contributed by atoms with van der Waals surface area (Å²) in [6.45, 7) is 3.00. The molecule has 2 aliphatic rings. The fraction of sp³-hybridized carbons (Fsp3) is 0.471. The van der Waals surface area contributed by atoms with Gasteiger partial charge >= 0.3 is 5.76 Å². The monoisotopic (exact) mass is 342 g/mol. The summed E-state index contributed by atoms with van der Waals surface area (Å²) >= 11 is 0. The first-order valence-electron chi connectivity index (χ1n) is 8.57. The maximum Gasteiger partial charge on any atom is 0.420 e. The van der Waals surface area contributed by atoms with Crippen molar-refractivity contribution in [3.05, 3.63) is 34.6 Å². The number of oxazole rings is 1. The van der Waals surface area contributed by atoms with Crippen LogP contribution >= 0.6 is 0 Å². The summed E-state index contributed by atoms with van der Waals surface area (Å²) in [5.74, 6) is 1.18. The average Bonchev–Trinajstić information content (AvgIpc) is 3.20. The Morgan fingerprint density at radius 2 is 2.04 bits per heavy atom. The summed E-state index contributed by atoms with van der Waals surface area (Å²) in [7, 11) is 0. The number of hydrogen-bond donors (Lipinski definition) is 1. The maximum atomic E-state index is 12.1. The van der Waals surface area contributed by atoms with Crippen molar-refractivity contribution in [2.75, 3.05) is 26.3 Å². The highest BCUT2D eigenvalue weighted by atomic mass is 16.5. The molecule has 25 heavy (non-hydrogen) atoms.